The van der Waals surface area contributed by atoms with Crippen molar-refractivity contribution in [3.05, 3.63) is 29.8 Å². The second-order valence-corrected chi connectivity index (χ2v) is 4.11. The molecule has 0 spiro atoms. The lowest BCUT2D eigenvalue weighted by atomic mass is 10.1. The Bertz CT molecular complexity index is 357. The van der Waals surface area contributed by atoms with Gasteiger partial charge in [0.1, 0.15) is 0 Å². The summed E-state index contributed by atoms with van der Waals surface area (Å²) in [5.41, 5.74) is 1.75. The number of hydrogen-bond acceptors (Lipinski definition) is 2. The molecule has 1 rings (SSSR count). The summed E-state index contributed by atoms with van der Waals surface area (Å²) < 4.78 is 0. The minimum absolute atomic E-state index is 0.447. The molecule has 0 saturated carbocycles. The topological polar surface area (TPSA) is 27.0 Å². The van der Waals surface area contributed by atoms with Crippen LogP contribution in [0.3, 0.4) is 0 Å². The highest BCUT2D eigenvalue weighted by Gasteiger charge is 2.06. The number of anilines is 1. The first-order valence-corrected chi connectivity index (χ1v) is 5.48. The Morgan fingerprint density at radius 3 is 2.87 bits per heavy atom. The van der Waals surface area contributed by atoms with E-state index in [1.807, 2.05) is 31.3 Å². The van der Waals surface area contributed by atoms with E-state index in [1.165, 1.54) is 0 Å². The third-order valence-electron chi connectivity index (χ3n) is 2.26. The number of benzene rings is 1. The first-order chi connectivity index (χ1) is 7.17. The van der Waals surface area contributed by atoms with Crippen LogP contribution in [0.2, 0.25) is 0 Å². The zero-order chi connectivity index (χ0) is 11.3. The van der Waals surface area contributed by atoms with Gasteiger partial charge in [-0.1, -0.05) is 13.0 Å². The predicted octanol–water partition coefficient (Wildman–Crippen LogP) is 2.87. The number of halogens is 1. The zero-order valence-corrected chi connectivity index (χ0v) is 9.83. The first kappa shape index (κ1) is 11.9. The summed E-state index contributed by atoms with van der Waals surface area (Å²) in [5, 5.41) is 8.78. The Morgan fingerprint density at radius 1 is 1.53 bits per heavy atom. The summed E-state index contributed by atoms with van der Waals surface area (Å²) in [6.07, 6.45) is 0. The van der Waals surface area contributed by atoms with Crippen molar-refractivity contribution in [3.63, 3.8) is 0 Å². The van der Waals surface area contributed by atoms with Gasteiger partial charge in [-0.3, -0.25) is 0 Å². The zero-order valence-electron chi connectivity index (χ0n) is 9.07. The van der Waals surface area contributed by atoms with E-state index in [2.05, 4.69) is 17.9 Å². The average Bonchev–Trinajstić information content (AvgIpc) is 2.28. The van der Waals surface area contributed by atoms with E-state index >= 15 is 0 Å². The molecule has 0 amide bonds. The number of alkyl halides is 1. The van der Waals surface area contributed by atoms with E-state index in [0.29, 0.717) is 17.4 Å². The monoisotopic (exact) mass is 222 g/mol. The number of hydrogen-bond donors (Lipinski definition) is 0. The summed E-state index contributed by atoms with van der Waals surface area (Å²) in [6, 6.07) is 9.73. The smallest absolute Gasteiger partial charge is 0.0992 e. The molecule has 0 aliphatic carbocycles. The molecule has 0 N–H and O–H groups in total. The summed E-state index contributed by atoms with van der Waals surface area (Å²) >= 11 is 5.76. The summed E-state index contributed by atoms with van der Waals surface area (Å²) in [7, 11) is 2.01. The van der Waals surface area contributed by atoms with Crippen molar-refractivity contribution < 1.29 is 0 Å². The fourth-order valence-electron chi connectivity index (χ4n) is 1.43. The van der Waals surface area contributed by atoms with Crippen molar-refractivity contribution in [2.45, 2.75) is 6.92 Å². The van der Waals surface area contributed by atoms with Crippen LogP contribution in [0.15, 0.2) is 24.3 Å². The van der Waals surface area contributed by atoms with Crippen LogP contribution >= 0.6 is 11.6 Å². The normalized spacial score (nSPS) is 11.9. The molecule has 0 heterocycles. The Hall–Kier alpha value is -1.20. The Balaban J connectivity index is 2.73. The van der Waals surface area contributed by atoms with Gasteiger partial charge in [0, 0.05) is 25.2 Å². The predicted molar refractivity (Wildman–Crippen MR) is 64.3 cm³/mol. The molecule has 0 fully saturated rings. The molecular weight excluding hydrogens is 208 g/mol. The quantitative estimate of drug-likeness (QED) is 0.733. The molecule has 0 saturated heterocycles. The lowest BCUT2D eigenvalue weighted by Gasteiger charge is -2.22. The van der Waals surface area contributed by atoms with Gasteiger partial charge in [-0.25, -0.2) is 0 Å². The van der Waals surface area contributed by atoms with E-state index in [-0.39, 0.29) is 0 Å². The third-order valence-corrected chi connectivity index (χ3v) is 2.79. The van der Waals surface area contributed by atoms with Gasteiger partial charge in [-0.05, 0) is 24.1 Å². The third kappa shape index (κ3) is 3.45. The van der Waals surface area contributed by atoms with Crippen LogP contribution in [0.4, 0.5) is 5.69 Å². The van der Waals surface area contributed by atoms with Gasteiger partial charge in [0.15, 0.2) is 0 Å². The summed E-state index contributed by atoms with van der Waals surface area (Å²) in [6.45, 7) is 3.01. The van der Waals surface area contributed by atoms with Gasteiger partial charge in [-0.2, -0.15) is 5.26 Å². The lowest BCUT2D eigenvalue weighted by Crippen LogP contribution is -2.24. The van der Waals surface area contributed by atoms with Crippen LogP contribution in [0.1, 0.15) is 12.5 Å². The maximum atomic E-state index is 8.78. The maximum Gasteiger partial charge on any atom is 0.0992 e. The molecule has 1 atom stereocenters. The average molecular weight is 223 g/mol. The largest absolute Gasteiger partial charge is 0.374 e. The number of rotatable bonds is 4. The van der Waals surface area contributed by atoms with Crippen LogP contribution in [-0.2, 0) is 0 Å². The number of nitriles is 1. The van der Waals surface area contributed by atoms with Crippen molar-refractivity contribution in [1.29, 1.82) is 5.26 Å². The Labute approximate surface area is 96.1 Å². The van der Waals surface area contributed by atoms with Crippen molar-refractivity contribution >= 4 is 17.3 Å². The van der Waals surface area contributed by atoms with Crippen molar-refractivity contribution in [2.75, 3.05) is 24.4 Å². The van der Waals surface area contributed by atoms with E-state index in [4.69, 9.17) is 16.9 Å². The van der Waals surface area contributed by atoms with Gasteiger partial charge < -0.3 is 4.90 Å². The standard InChI is InChI=1S/C12H15ClN2/c1-10(7-13)9-15(2)12-5-3-4-11(6-12)8-14/h3-6,10H,7,9H2,1-2H3. The highest BCUT2D eigenvalue weighted by atomic mass is 35.5. The maximum absolute atomic E-state index is 8.78. The van der Waals surface area contributed by atoms with Gasteiger partial charge in [0.2, 0.25) is 0 Å². The lowest BCUT2D eigenvalue weighted by molar-refractivity contribution is 0.645. The van der Waals surface area contributed by atoms with Crippen LogP contribution < -0.4 is 4.90 Å². The van der Waals surface area contributed by atoms with Crippen molar-refractivity contribution in [1.82, 2.24) is 0 Å². The van der Waals surface area contributed by atoms with Gasteiger partial charge in [0.05, 0.1) is 11.6 Å². The minimum atomic E-state index is 0.447. The molecule has 0 bridgehead atoms. The van der Waals surface area contributed by atoms with Gasteiger partial charge in [0.25, 0.3) is 0 Å². The molecule has 1 unspecified atom stereocenters. The van der Waals surface area contributed by atoms with E-state index in [1.54, 1.807) is 0 Å². The fourth-order valence-corrected chi connectivity index (χ4v) is 1.53. The summed E-state index contributed by atoms with van der Waals surface area (Å²) in [4.78, 5) is 2.12. The number of nitrogens with zero attached hydrogens (tertiary/aromatic N) is 2. The van der Waals surface area contributed by atoms with Crippen molar-refractivity contribution in [2.24, 2.45) is 5.92 Å². The Morgan fingerprint density at radius 2 is 2.27 bits per heavy atom. The molecule has 1 aromatic carbocycles. The van der Waals surface area contributed by atoms with E-state index in [9.17, 15) is 0 Å². The molecule has 0 aliphatic rings. The van der Waals surface area contributed by atoms with Crippen LogP contribution in [0.5, 0.6) is 0 Å². The second kappa shape index (κ2) is 5.63. The second-order valence-electron chi connectivity index (χ2n) is 3.80. The van der Waals surface area contributed by atoms with E-state index < -0.39 is 0 Å². The van der Waals surface area contributed by atoms with Crippen LogP contribution in [0, 0.1) is 17.2 Å². The highest BCUT2D eigenvalue weighted by molar-refractivity contribution is 6.18. The van der Waals surface area contributed by atoms with E-state index in [0.717, 1.165) is 12.2 Å². The molecule has 80 valence electrons. The molecule has 0 aliphatic heterocycles. The molecule has 2 nitrogen and oxygen atoms in total. The molecule has 1 aromatic rings. The Kier molecular flexibility index (Phi) is 4.45. The van der Waals surface area contributed by atoms with Gasteiger partial charge >= 0.3 is 0 Å². The van der Waals surface area contributed by atoms with Crippen LogP contribution in [-0.4, -0.2) is 19.5 Å². The molecule has 0 aromatic heterocycles. The van der Waals surface area contributed by atoms with Crippen molar-refractivity contribution in [3.8, 4) is 6.07 Å². The first-order valence-electron chi connectivity index (χ1n) is 4.94. The highest BCUT2D eigenvalue weighted by Crippen LogP contribution is 2.15. The van der Waals surface area contributed by atoms with Gasteiger partial charge in [-0.15, -0.1) is 11.6 Å². The fraction of sp³-hybridized carbons (Fsp3) is 0.417. The minimum Gasteiger partial charge on any atom is -0.374 e. The molecule has 0 radical (unpaired) electrons. The summed E-state index contributed by atoms with van der Waals surface area (Å²) in [5.74, 6) is 1.10. The molecular formula is C12H15ClN2. The SMILES string of the molecule is CC(CCl)CN(C)c1cccc(C#N)c1. The molecule has 15 heavy (non-hydrogen) atoms. The van der Waals surface area contributed by atoms with Crippen LogP contribution in [0.25, 0.3) is 0 Å². The molecule has 3 heteroatoms.